The zero-order valence-corrected chi connectivity index (χ0v) is 15.6. The number of hydrogen-bond acceptors (Lipinski definition) is 3. The molecule has 7 heteroatoms. The number of rotatable bonds is 6. The summed E-state index contributed by atoms with van der Waals surface area (Å²) in [6.07, 6.45) is 1.31. The van der Waals surface area contributed by atoms with Crippen molar-refractivity contribution in [1.29, 1.82) is 0 Å². The summed E-state index contributed by atoms with van der Waals surface area (Å²) in [6, 6.07) is 4.88. The van der Waals surface area contributed by atoms with E-state index in [0.717, 1.165) is 0 Å². The van der Waals surface area contributed by atoms with E-state index in [2.05, 4.69) is 5.32 Å². The normalized spacial score (nSPS) is 10.7. The summed E-state index contributed by atoms with van der Waals surface area (Å²) < 4.78 is 0. The molecule has 0 fully saturated rings. The lowest BCUT2D eigenvalue weighted by Crippen LogP contribution is -2.41. The number of carbonyl (C=O) groups excluding carboxylic acids is 2. The Hall–Kier alpha value is -1.30. The van der Waals surface area contributed by atoms with Crippen LogP contribution in [0.4, 0.5) is 5.69 Å². The highest BCUT2D eigenvalue weighted by Gasteiger charge is 2.33. The molecule has 0 heterocycles. The van der Waals surface area contributed by atoms with E-state index in [1.165, 1.54) is 4.90 Å². The van der Waals surface area contributed by atoms with Crippen LogP contribution < -0.4 is 11.1 Å². The molecule has 1 rings (SSSR count). The molecule has 2 amide bonds. The van der Waals surface area contributed by atoms with Crippen molar-refractivity contribution in [2.24, 2.45) is 11.1 Å². The molecule has 23 heavy (non-hydrogen) atoms. The van der Waals surface area contributed by atoms with Gasteiger partial charge in [0, 0.05) is 26.3 Å². The maximum atomic E-state index is 12.5. The van der Waals surface area contributed by atoms with Crippen molar-refractivity contribution in [2.75, 3.05) is 26.0 Å². The van der Waals surface area contributed by atoms with Crippen molar-refractivity contribution < 1.29 is 9.59 Å². The van der Waals surface area contributed by atoms with E-state index in [0.29, 0.717) is 29.1 Å². The predicted octanol–water partition coefficient (Wildman–Crippen LogP) is 3.17. The Morgan fingerprint density at radius 2 is 1.83 bits per heavy atom. The minimum Gasteiger partial charge on any atom is -0.345 e. The highest BCUT2D eigenvalue weighted by molar-refractivity contribution is 6.34. The highest BCUT2D eigenvalue weighted by atomic mass is 35.5. The maximum absolute atomic E-state index is 12.5. The molecule has 0 aliphatic carbocycles. The Morgan fingerprint density at radius 1 is 1.26 bits per heavy atom. The van der Waals surface area contributed by atoms with Crippen LogP contribution in [0.2, 0.25) is 5.02 Å². The van der Waals surface area contributed by atoms with E-state index in [1.807, 2.05) is 13.8 Å². The van der Waals surface area contributed by atoms with Crippen molar-refractivity contribution in [3.8, 4) is 0 Å². The molecule has 5 nitrogen and oxygen atoms in total. The summed E-state index contributed by atoms with van der Waals surface area (Å²) in [7, 11) is 3.30. The van der Waals surface area contributed by atoms with Gasteiger partial charge in [0.1, 0.15) is 0 Å². The van der Waals surface area contributed by atoms with Gasteiger partial charge >= 0.3 is 0 Å². The third-order valence-corrected chi connectivity index (χ3v) is 4.42. The molecule has 3 N–H and O–H groups in total. The average molecular weight is 362 g/mol. The first-order valence-corrected chi connectivity index (χ1v) is 7.71. The molecule has 0 radical (unpaired) electrons. The van der Waals surface area contributed by atoms with Gasteiger partial charge in [0.2, 0.25) is 5.91 Å². The van der Waals surface area contributed by atoms with E-state index in [-0.39, 0.29) is 30.8 Å². The second kappa shape index (κ2) is 9.11. The van der Waals surface area contributed by atoms with E-state index in [4.69, 9.17) is 17.3 Å². The number of amides is 2. The summed E-state index contributed by atoms with van der Waals surface area (Å²) in [5.41, 5.74) is 6.09. The Kier molecular flexibility index (Phi) is 8.59. The molecule has 130 valence electrons. The number of halogens is 2. The second-order valence-corrected chi connectivity index (χ2v) is 5.95. The predicted molar refractivity (Wildman–Crippen MR) is 97.4 cm³/mol. The molecule has 1 aromatic carbocycles. The number of nitrogens with two attached hydrogens (primary N) is 1. The van der Waals surface area contributed by atoms with Crippen molar-refractivity contribution in [3.05, 3.63) is 28.8 Å². The molecule has 1 aromatic rings. The molecule has 0 aliphatic heterocycles. The molecule has 0 spiro atoms. The van der Waals surface area contributed by atoms with Crippen molar-refractivity contribution in [3.63, 3.8) is 0 Å². The molecular formula is C16H25Cl2N3O2. The van der Waals surface area contributed by atoms with Gasteiger partial charge in [-0.05, 0) is 31.0 Å². The third-order valence-electron chi connectivity index (χ3n) is 4.09. The SMILES string of the molecule is CCC(CC)(CN)C(=O)Nc1ccc(Cl)c(C(=O)N(C)C)c1.Cl. The average Bonchev–Trinajstić information content (AvgIpc) is 2.50. The van der Waals surface area contributed by atoms with Crippen LogP contribution in [0, 0.1) is 5.41 Å². The quantitative estimate of drug-likeness (QED) is 0.816. The summed E-state index contributed by atoms with van der Waals surface area (Å²) in [4.78, 5) is 26.0. The van der Waals surface area contributed by atoms with E-state index >= 15 is 0 Å². The van der Waals surface area contributed by atoms with Gasteiger partial charge in [0.15, 0.2) is 0 Å². The standard InChI is InChI=1S/C16H24ClN3O2.ClH/c1-5-16(6-2,10-18)15(22)19-11-7-8-13(17)12(9-11)14(21)20(3)4;/h7-9H,5-6,10,18H2,1-4H3,(H,19,22);1H. The lowest BCUT2D eigenvalue weighted by molar-refractivity contribution is -0.125. The van der Waals surface area contributed by atoms with Gasteiger partial charge < -0.3 is 16.0 Å². The van der Waals surface area contributed by atoms with Crippen LogP contribution in [-0.4, -0.2) is 37.4 Å². The van der Waals surface area contributed by atoms with Crippen molar-refractivity contribution in [1.82, 2.24) is 4.90 Å². The van der Waals surface area contributed by atoms with Gasteiger partial charge in [-0.1, -0.05) is 25.4 Å². The number of anilines is 1. The fraction of sp³-hybridized carbons (Fsp3) is 0.500. The van der Waals surface area contributed by atoms with E-state index < -0.39 is 5.41 Å². The minimum atomic E-state index is -0.592. The monoisotopic (exact) mass is 361 g/mol. The summed E-state index contributed by atoms with van der Waals surface area (Å²) in [5.74, 6) is -0.345. The van der Waals surface area contributed by atoms with Crippen LogP contribution in [0.1, 0.15) is 37.0 Å². The Balaban J connectivity index is 0.00000484. The van der Waals surface area contributed by atoms with Gasteiger partial charge in [0.05, 0.1) is 16.0 Å². The van der Waals surface area contributed by atoms with Crippen LogP contribution in [-0.2, 0) is 4.79 Å². The zero-order valence-electron chi connectivity index (χ0n) is 14.0. The Morgan fingerprint density at radius 3 is 2.26 bits per heavy atom. The number of nitrogens with one attached hydrogen (secondary N) is 1. The smallest absolute Gasteiger partial charge is 0.254 e. The molecule has 0 unspecified atom stereocenters. The largest absolute Gasteiger partial charge is 0.345 e. The summed E-state index contributed by atoms with van der Waals surface area (Å²) >= 11 is 6.06. The highest BCUT2D eigenvalue weighted by Crippen LogP contribution is 2.28. The van der Waals surface area contributed by atoms with E-state index in [1.54, 1.807) is 32.3 Å². The van der Waals surface area contributed by atoms with Crippen LogP contribution in [0.25, 0.3) is 0 Å². The molecule has 0 atom stereocenters. The van der Waals surface area contributed by atoms with Crippen LogP contribution in [0.15, 0.2) is 18.2 Å². The lowest BCUT2D eigenvalue weighted by atomic mass is 9.81. The van der Waals surface area contributed by atoms with Crippen molar-refractivity contribution in [2.45, 2.75) is 26.7 Å². The van der Waals surface area contributed by atoms with Gasteiger partial charge in [-0.25, -0.2) is 0 Å². The molecule has 0 aromatic heterocycles. The first-order chi connectivity index (χ1) is 10.3. The number of nitrogens with zero attached hydrogens (tertiary/aromatic N) is 1. The summed E-state index contributed by atoms with van der Waals surface area (Å²) in [5, 5.41) is 3.20. The zero-order chi connectivity index (χ0) is 16.9. The van der Waals surface area contributed by atoms with E-state index in [9.17, 15) is 9.59 Å². The third kappa shape index (κ3) is 4.83. The topological polar surface area (TPSA) is 75.4 Å². The molecule has 0 saturated carbocycles. The van der Waals surface area contributed by atoms with Crippen LogP contribution >= 0.6 is 24.0 Å². The number of hydrogen-bond donors (Lipinski definition) is 2. The second-order valence-electron chi connectivity index (χ2n) is 5.54. The Bertz CT molecular complexity index is 550. The minimum absolute atomic E-state index is 0. The Labute approximate surface area is 149 Å². The molecule has 0 aliphatic rings. The molecule has 0 saturated heterocycles. The fourth-order valence-corrected chi connectivity index (χ4v) is 2.42. The first-order valence-electron chi connectivity index (χ1n) is 7.34. The molecule has 0 bridgehead atoms. The van der Waals surface area contributed by atoms with Gasteiger partial charge in [-0.2, -0.15) is 0 Å². The van der Waals surface area contributed by atoms with Crippen LogP contribution in [0.5, 0.6) is 0 Å². The van der Waals surface area contributed by atoms with Gasteiger partial charge in [-0.15, -0.1) is 12.4 Å². The fourth-order valence-electron chi connectivity index (χ4n) is 2.22. The number of carbonyl (C=O) groups is 2. The maximum Gasteiger partial charge on any atom is 0.254 e. The van der Waals surface area contributed by atoms with Crippen molar-refractivity contribution >= 4 is 41.5 Å². The van der Waals surface area contributed by atoms with Gasteiger partial charge in [-0.3, -0.25) is 9.59 Å². The summed E-state index contributed by atoms with van der Waals surface area (Å²) in [6.45, 7) is 4.17. The lowest BCUT2D eigenvalue weighted by Gasteiger charge is -2.28. The first kappa shape index (κ1) is 21.7. The van der Waals surface area contributed by atoms with Gasteiger partial charge in [0.25, 0.3) is 5.91 Å². The molecular weight excluding hydrogens is 337 g/mol. The van der Waals surface area contributed by atoms with Crippen LogP contribution in [0.3, 0.4) is 0 Å². The number of benzene rings is 1.